The zero-order valence-electron chi connectivity index (χ0n) is 6.69. The molecule has 0 aromatic heterocycles. The van der Waals surface area contributed by atoms with Crippen molar-refractivity contribution < 1.29 is 22.1 Å². The minimum absolute atomic E-state index is 0.137. The number of rotatable bonds is 3. The molecule has 74 valence electrons. The maximum Gasteiger partial charge on any atom is 0.476 e. The van der Waals surface area contributed by atoms with Gasteiger partial charge < -0.3 is 0 Å². The molecule has 0 spiro atoms. The third kappa shape index (κ3) is 2.42. The molecule has 0 bridgehead atoms. The van der Waals surface area contributed by atoms with Crippen LogP contribution in [0.2, 0.25) is 0 Å². The van der Waals surface area contributed by atoms with Gasteiger partial charge in [-0.2, -0.15) is 8.42 Å². The van der Waals surface area contributed by atoms with Gasteiger partial charge >= 0.3 is 15.6 Å². The number of benzene rings is 1. The van der Waals surface area contributed by atoms with Crippen molar-refractivity contribution in [1.82, 2.24) is 0 Å². The highest BCUT2D eigenvalue weighted by Crippen LogP contribution is 2.36. The average molecular weight is 251 g/mol. The lowest BCUT2D eigenvalue weighted by molar-refractivity contribution is 0.483. The molecule has 0 fully saturated rings. The minimum Gasteiger partial charge on any atom is -0.282 e. The second-order valence-corrected chi connectivity index (χ2v) is 6.46. The van der Waals surface area contributed by atoms with Crippen molar-refractivity contribution in [2.45, 2.75) is 4.90 Å². The van der Waals surface area contributed by atoms with E-state index in [1.807, 2.05) is 0 Å². The van der Waals surface area contributed by atoms with Gasteiger partial charge in [-0.05, 0) is 12.1 Å². The van der Waals surface area contributed by atoms with Crippen LogP contribution in [-0.2, 0) is 19.2 Å². The standard InChI is InChI=1S/C6H4O5P2S/c7-12-13(8)5-3-1-2-4-6(5)14(9,10)11/h1-4H/p+1. The van der Waals surface area contributed by atoms with Crippen LogP contribution in [0.3, 0.4) is 0 Å². The largest absolute Gasteiger partial charge is 0.476 e. The second kappa shape index (κ2) is 4.24. The van der Waals surface area contributed by atoms with Gasteiger partial charge in [-0.25, -0.2) is 4.57 Å². The molecule has 0 radical (unpaired) electrons. The van der Waals surface area contributed by atoms with E-state index in [4.69, 9.17) is 4.55 Å². The van der Waals surface area contributed by atoms with Crippen LogP contribution in [0.1, 0.15) is 0 Å². The van der Waals surface area contributed by atoms with Gasteiger partial charge in [-0.1, -0.05) is 16.7 Å². The van der Waals surface area contributed by atoms with Gasteiger partial charge in [-0.15, -0.1) is 0 Å². The first-order valence-corrected chi connectivity index (χ1v) is 7.55. The summed E-state index contributed by atoms with van der Waals surface area (Å²) in [4.78, 5) is -0.468. The molecular formula is C6H5O5P2S+. The van der Waals surface area contributed by atoms with Crippen LogP contribution in [0, 0.1) is 0 Å². The third-order valence-corrected chi connectivity index (χ3v) is 4.53. The van der Waals surface area contributed by atoms with Crippen LogP contribution in [0.15, 0.2) is 29.2 Å². The van der Waals surface area contributed by atoms with E-state index in [2.05, 4.69) is 0 Å². The summed E-state index contributed by atoms with van der Waals surface area (Å²) >= 11 is 0. The molecule has 0 aliphatic rings. The maximum atomic E-state index is 11.1. The normalized spacial score (nSPS) is 12.8. The highest BCUT2D eigenvalue weighted by atomic mass is 32.2. The van der Waals surface area contributed by atoms with E-state index < -0.39 is 30.7 Å². The maximum absolute atomic E-state index is 11.1. The zero-order valence-corrected chi connectivity index (χ0v) is 9.30. The molecule has 1 N–H and O–H groups in total. The van der Waals surface area contributed by atoms with E-state index in [9.17, 15) is 17.5 Å². The van der Waals surface area contributed by atoms with Crippen molar-refractivity contribution in [2.75, 3.05) is 0 Å². The summed E-state index contributed by atoms with van der Waals surface area (Å²) < 4.78 is 51.8. The van der Waals surface area contributed by atoms with Gasteiger partial charge in [0, 0.05) is 0 Å². The van der Waals surface area contributed by atoms with E-state index in [-0.39, 0.29) is 5.30 Å². The molecule has 1 aromatic carbocycles. The molecule has 0 aliphatic heterocycles. The molecule has 0 saturated heterocycles. The average Bonchev–Trinajstić information content (AvgIpc) is 2.15. The minimum atomic E-state index is -4.42. The Balaban J connectivity index is 3.45. The summed E-state index contributed by atoms with van der Waals surface area (Å²) in [6.07, 6.45) is 0. The Morgan fingerprint density at radius 2 is 1.86 bits per heavy atom. The van der Waals surface area contributed by atoms with Gasteiger partial charge in [0.1, 0.15) is 4.90 Å². The number of hydrogen-bond acceptors (Lipinski definition) is 4. The highest BCUT2D eigenvalue weighted by molar-refractivity contribution is 8.13. The Kier molecular flexibility index (Phi) is 3.45. The molecule has 1 unspecified atom stereocenters. The molecule has 5 nitrogen and oxygen atoms in total. The predicted molar refractivity (Wildman–Crippen MR) is 51.1 cm³/mol. The van der Waals surface area contributed by atoms with Crippen LogP contribution < -0.4 is 5.30 Å². The van der Waals surface area contributed by atoms with E-state index in [0.29, 0.717) is 0 Å². The third-order valence-electron chi connectivity index (χ3n) is 1.42. The van der Waals surface area contributed by atoms with Crippen LogP contribution in [0.25, 0.3) is 0 Å². The smallest absolute Gasteiger partial charge is 0.282 e. The van der Waals surface area contributed by atoms with Crippen LogP contribution in [0.4, 0.5) is 0 Å². The fraction of sp³-hybridized carbons (Fsp3) is 0. The second-order valence-electron chi connectivity index (χ2n) is 2.30. The van der Waals surface area contributed by atoms with Crippen LogP contribution >= 0.6 is 15.6 Å². The first-order chi connectivity index (χ1) is 6.46. The van der Waals surface area contributed by atoms with E-state index in [1.54, 1.807) is 0 Å². The highest BCUT2D eigenvalue weighted by Gasteiger charge is 2.30. The quantitative estimate of drug-likeness (QED) is 0.650. The number of hydrogen-bond donors (Lipinski definition) is 1. The SMILES string of the molecule is O=P[P+](=O)c1ccccc1S(=O)(=O)O. The van der Waals surface area contributed by atoms with Crippen LogP contribution in [-0.4, -0.2) is 13.0 Å². The summed E-state index contributed by atoms with van der Waals surface area (Å²) in [5.74, 6) is 0. The fourth-order valence-electron chi connectivity index (χ4n) is 0.877. The summed E-state index contributed by atoms with van der Waals surface area (Å²) in [6, 6.07) is 5.16. The molecule has 14 heavy (non-hydrogen) atoms. The van der Waals surface area contributed by atoms with E-state index in [0.717, 1.165) is 6.07 Å². The Bertz CT molecular complexity index is 481. The fourth-order valence-corrected chi connectivity index (χ4v) is 3.61. The Hall–Kier alpha value is -0.670. The monoisotopic (exact) mass is 251 g/mol. The van der Waals surface area contributed by atoms with Crippen molar-refractivity contribution in [3.8, 4) is 0 Å². The Morgan fingerprint density at radius 1 is 1.29 bits per heavy atom. The molecular weight excluding hydrogens is 246 g/mol. The molecule has 0 amide bonds. The van der Waals surface area contributed by atoms with E-state index in [1.165, 1.54) is 18.2 Å². The zero-order chi connectivity index (χ0) is 10.8. The summed E-state index contributed by atoms with van der Waals surface area (Å²) in [7, 11) is -7.42. The summed E-state index contributed by atoms with van der Waals surface area (Å²) in [5, 5.41) is -0.137. The lowest BCUT2D eigenvalue weighted by Gasteiger charge is -1.94. The van der Waals surface area contributed by atoms with Gasteiger partial charge in [0.05, 0.1) is 0 Å². The van der Waals surface area contributed by atoms with Crippen molar-refractivity contribution >= 4 is 31.1 Å². The van der Waals surface area contributed by atoms with Gasteiger partial charge in [-0.3, -0.25) is 4.55 Å². The molecule has 8 heteroatoms. The molecule has 1 aromatic rings. The molecule has 0 saturated carbocycles. The van der Waals surface area contributed by atoms with Crippen molar-refractivity contribution in [3.63, 3.8) is 0 Å². The van der Waals surface area contributed by atoms with Crippen molar-refractivity contribution in [1.29, 1.82) is 0 Å². The van der Waals surface area contributed by atoms with Crippen molar-refractivity contribution in [3.05, 3.63) is 24.3 Å². The van der Waals surface area contributed by atoms with Gasteiger partial charge in [0.15, 0.2) is 0 Å². The van der Waals surface area contributed by atoms with Crippen molar-refractivity contribution in [2.24, 2.45) is 0 Å². The first-order valence-electron chi connectivity index (χ1n) is 3.34. The lowest BCUT2D eigenvalue weighted by Crippen LogP contribution is -2.10. The Labute approximate surface area is 82.8 Å². The predicted octanol–water partition coefficient (Wildman–Crippen LogP) is 1.59. The topological polar surface area (TPSA) is 88.5 Å². The van der Waals surface area contributed by atoms with Gasteiger partial charge in [0.2, 0.25) is 5.30 Å². The lowest BCUT2D eigenvalue weighted by atomic mass is 10.4. The summed E-state index contributed by atoms with van der Waals surface area (Å²) in [5.41, 5.74) is 0. The Morgan fingerprint density at radius 3 is 2.36 bits per heavy atom. The molecule has 0 aliphatic carbocycles. The molecule has 1 atom stereocenters. The molecule has 0 heterocycles. The molecule has 1 rings (SSSR count). The van der Waals surface area contributed by atoms with E-state index >= 15 is 0 Å². The van der Waals surface area contributed by atoms with Gasteiger partial charge in [0.25, 0.3) is 10.1 Å². The first kappa shape index (κ1) is 11.4. The summed E-state index contributed by atoms with van der Waals surface area (Å²) in [6.45, 7) is 0. The van der Waals surface area contributed by atoms with Crippen LogP contribution in [0.5, 0.6) is 0 Å².